The van der Waals surface area contributed by atoms with Crippen molar-refractivity contribution in [3.05, 3.63) is 42.2 Å². The van der Waals surface area contributed by atoms with Crippen molar-refractivity contribution in [3.63, 3.8) is 0 Å². The van der Waals surface area contributed by atoms with Crippen molar-refractivity contribution in [2.24, 2.45) is 0 Å². The first-order valence-corrected chi connectivity index (χ1v) is 7.39. The Bertz CT molecular complexity index is 771. The number of rotatable bonds is 5. The van der Waals surface area contributed by atoms with E-state index in [1.807, 2.05) is 30.3 Å². The smallest absolute Gasteiger partial charge is 0.322 e. The minimum atomic E-state index is -0.831. The Morgan fingerprint density at radius 3 is 2.71 bits per heavy atom. The third-order valence-electron chi connectivity index (χ3n) is 3.68. The molecule has 0 bridgehead atoms. The van der Waals surface area contributed by atoms with Gasteiger partial charge in [0.2, 0.25) is 5.91 Å². The van der Waals surface area contributed by atoms with Crippen LogP contribution in [0.1, 0.15) is 12.2 Å². The molecule has 8 heteroatoms. The zero-order chi connectivity index (χ0) is 17.1. The molecule has 0 radical (unpaired) electrons. The van der Waals surface area contributed by atoms with Gasteiger partial charge in [0.1, 0.15) is 11.7 Å². The van der Waals surface area contributed by atoms with Gasteiger partial charge in [-0.1, -0.05) is 35.5 Å². The van der Waals surface area contributed by atoms with Gasteiger partial charge in [0.05, 0.1) is 13.0 Å². The van der Waals surface area contributed by atoms with E-state index in [0.29, 0.717) is 11.5 Å². The number of urea groups is 1. The fraction of sp³-hybridized carbons (Fsp3) is 0.250. The van der Waals surface area contributed by atoms with Gasteiger partial charge in [-0.3, -0.25) is 14.9 Å². The Hall–Kier alpha value is -3.16. The minimum absolute atomic E-state index is 0.103. The van der Waals surface area contributed by atoms with Gasteiger partial charge >= 0.3 is 6.03 Å². The maximum Gasteiger partial charge on any atom is 0.322 e. The summed E-state index contributed by atoms with van der Waals surface area (Å²) in [5.74, 6) is -0.243. The molecule has 24 heavy (non-hydrogen) atoms. The lowest BCUT2D eigenvalue weighted by Crippen LogP contribution is -2.36. The van der Waals surface area contributed by atoms with Gasteiger partial charge < -0.3 is 14.7 Å². The molecule has 2 heterocycles. The van der Waals surface area contributed by atoms with Crippen LogP contribution in [0.15, 0.2) is 40.9 Å². The van der Waals surface area contributed by atoms with Gasteiger partial charge in [-0.25, -0.2) is 4.79 Å². The molecule has 1 aliphatic heterocycles. The molecule has 4 amide bonds. The average Bonchev–Trinajstić information content (AvgIpc) is 3.15. The molecule has 1 atom stereocenters. The maximum absolute atomic E-state index is 12.2. The second kappa shape index (κ2) is 6.53. The molecule has 0 spiro atoms. The second-order valence-corrected chi connectivity index (χ2v) is 5.51. The van der Waals surface area contributed by atoms with E-state index in [2.05, 4.69) is 15.8 Å². The van der Waals surface area contributed by atoms with Crippen LogP contribution in [0.5, 0.6) is 0 Å². The van der Waals surface area contributed by atoms with Crippen LogP contribution < -0.4 is 10.6 Å². The molecule has 1 aromatic heterocycles. The van der Waals surface area contributed by atoms with Gasteiger partial charge in [-0.05, 0) is 0 Å². The van der Waals surface area contributed by atoms with Crippen LogP contribution in [0.25, 0.3) is 11.3 Å². The highest BCUT2D eigenvalue weighted by atomic mass is 16.5. The van der Waals surface area contributed by atoms with Crippen LogP contribution in [0.2, 0.25) is 0 Å². The minimum Gasteiger partial charge on any atom is -0.359 e. The summed E-state index contributed by atoms with van der Waals surface area (Å²) in [6.45, 7) is 0.223. The molecule has 0 unspecified atom stereocenters. The topological polar surface area (TPSA) is 105 Å². The molecule has 0 aliphatic carbocycles. The number of carbonyl (C=O) groups is 3. The van der Waals surface area contributed by atoms with E-state index >= 15 is 0 Å². The van der Waals surface area contributed by atoms with Crippen LogP contribution in [-0.4, -0.2) is 41.0 Å². The highest BCUT2D eigenvalue weighted by Gasteiger charge is 2.32. The van der Waals surface area contributed by atoms with Crippen LogP contribution in [0.4, 0.5) is 4.79 Å². The van der Waals surface area contributed by atoms with E-state index in [9.17, 15) is 14.4 Å². The maximum atomic E-state index is 12.2. The largest absolute Gasteiger partial charge is 0.359 e. The molecule has 0 saturated carbocycles. The Kier molecular flexibility index (Phi) is 4.28. The fourth-order valence-electron chi connectivity index (χ4n) is 2.39. The van der Waals surface area contributed by atoms with Crippen molar-refractivity contribution >= 4 is 17.8 Å². The summed E-state index contributed by atoms with van der Waals surface area (Å²) >= 11 is 0. The first-order chi connectivity index (χ1) is 11.5. The summed E-state index contributed by atoms with van der Waals surface area (Å²) < 4.78 is 5.26. The normalized spacial score (nSPS) is 16.6. The lowest BCUT2D eigenvalue weighted by Gasteiger charge is -2.16. The Morgan fingerprint density at radius 1 is 1.29 bits per heavy atom. The Morgan fingerprint density at radius 2 is 2.04 bits per heavy atom. The summed E-state index contributed by atoms with van der Waals surface area (Å²) in [5.41, 5.74) is 1.61. The summed E-state index contributed by atoms with van der Waals surface area (Å²) in [5, 5.41) is 8.48. The van der Waals surface area contributed by atoms with E-state index in [4.69, 9.17) is 4.52 Å². The van der Waals surface area contributed by atoms with Gasteiger partial charge in [0, 0.05) is 18.7 Å². The van der Waals surface area contributed by atoms with Crippen LogP contribution >= 0.6 is 0 Å². The van der Waals surface area contributed by atoms with E-state index in [0.717, 1.165) is 5.56 Å². The quantitative estimate of drug-likeness (QED) is 0.794. The number of hydrogen-bond donors (Lipinski definition) is 2. The molecule has 1 saturated heterocycles. The molecular formula is C16H16N4O4. The van der Waals surface area contributed by atoms with Gasteiger partial charge in [0.25, 0.3) is 5.91 Å². The van der Waals surface area contributed by atoms with Crippen molar-refractivity contribution in [1.29, 1.82) is 0 Å². The molecule has 3 rings (SSSR count). The SMILES string of the molecule is CN(Cc1cc(-c2ccccc2)no1)C(=O)C[C@H]1NC(=O)NC1=O. The predicted molar refractivity (Wildman–Crippen MR) is 83.5 cm³/mol. The summed E-state index contributed by atoms with van der Waals surface area (Å²) in [4.78, 5) is 36.1. The number of nitrogens with one attached hydrogen (secondary N) is 2. The first kappa shape index (κ1) is 15.7. The van der Waals surface area contributed by atoms with Gasteiger partial charge in [-0.2, -0.15) is 0 Å². The summed E-state index contributed by atoms with van der Waals surface area (Å²) in [7, 11) is 1.60. The van der Waals surface area contributed by atoms with E-state index in [-0.39, 0.29) is 18.9 Å². The molecule has 1 aromatic carbocycles. The number of amides is 4. The first-order valence-electron chi connectivity index (χ1n) is 7.39. The Balaban J connectivity index is 1.59. The third kappa shape index (κ3) is 3.43. The van der Waals surface area contributed by atoms with E-state index < -0.39 is 18.0 Å². The lowest BCUT2D eigenvalue weighted by atomic mass is 10.1. The zero-order valence-corrected chi connectivity index (χ0v) is 13.0. The van der Waals surface area contributed by atoms with E-state index in [1.54, 1.807) is 13.1 Å². The molecule has 1 aliphatic rings. The summed E-state index contributed by atoms with van der Waals surface area (Å²) in [6.07, 6.45) is -0.103. The van der Waals surface area contributed by atoms with Crippen LogP contribution in [0.3, 0.4) is 0 Å². The highest BCUT2D eigenvalue weighted by Crippen LogP contribution is 2.19. The molecular weight excluding hydrogens is 312 g/mol. The molecule has 2 N–H and O–H groups in total. The number of hydrogen-bond acceptors (Lipinski definition) is 5. The molecule has 1 fully saturated rings. The second-order valence-electron chi connectivity index (χ2n) is 5.51. The molecule has 2 aromatic rings. The summed E-state index contributed by atoms with van der Waals surface area (Å²) in [6, 6.07) is 9.90. The van der Waals surface area contributed by atoms with Gasteiger partial charge in [-0.15, -0.1) is 0 Å². The van der Waals surface area contributed by atoms with Crippen LogP contribution in [-0.2, 0) is 16.1 Å². The standard InChI is InChI=1S/C16H16N4O4/c1-20(14(21)8-13-15(22)18-16(23)17-13)9-11-7-12(19-24-11)10-5-3-2-4-6-10/h2-7,13H,8-9H2,1H3,(H2,17,18,22,23)/t13-/m1/s1. The third-order valence-corrected chi connectivity index (χ3v) is 3.68. The molecule has 124 valence electrons. The fourth-order valence-corrected chi connectivity index (χ4v) is 2.39. The number of aromatic nitrogens is 1. The van der Waals surface area contributed by atoms with Crippen molar-refractivity contribution < 1.29 is 18.9 Å². The highest BCUT2D eigenvalue weighted by molar-refractivity contribution is 6.05. The van der Waals surface area contributed by atoms with Crippen molar-refractivity contribution in [3.8, 4) is 11.3 Å². The number of carbonyl (C=O) groups excluding carboxylic acids is 3. The monoisotopic (exact) mass is 328 g/mol. The number of imide groups is 1. The van der Waals surface area contributed by atoms with E-state index in [1.165, 1.54) is 4.90 Å². The number of nitrogens with zero attached hydrogens (tertiary/aromatic N) is 2. The van der Waals surface area contributed by atoms with Crippen molar-refractivity contribution in [1.82, 2.24) is 20.7 Å². The number of benzene rings is 1. The zero-order valence-electron chi connectivity index (χ0n) is 13.0. The lowest BCUT2D eigenvalue weighted by molar-refractivity contribution is -0.133. The van der Waals surface area contributed by atoms with Crippen molar-refractivity contribution in [2.45, 2.75) is 19.0 Å². The van der Waals surface area contributed by atoms with Crippen LogP contribution in [0, 0.1) is 0 Å². The Labute approximate surface area is 137 Å². The van der Waals surface area contributed by atoms with Gasteiger partial charge in [0.15, 0.2) is 5.76 Å². The average molecular weight is 328 g/mol. The molecule has 8 nitrogen and oxygen atoms in total. The van der Waals surface area contributed by atoms with Crippen molar-refractivity contribution in [2.75, 3.05) is 7.05 Å². The predicted octanol–water partition coefficient (Wildman–Crippen LogP) is 0.898.